The predicted molar refractivity (Wildman–Crippen MR) is 72.7 cm³/mol. The smallest absolute Gasteiger partial charge is 0.00170 e. The van der Waals surface area contributed by atoms with Crippen molar-refractivity contribution in [2.24, 2.45) is 11.8 Å². The van der Waals surface area contributed by atoms with Crippen molar-refractivity contribution in [3.63, 3.8) is 0 Å². The van der Waals surface area contributed by atoms with E-state index in [-0.39, 0.29) is 0 Å². The minimum Gasteiger partial charge on any atom is -0.176 e. The van der Waals surface area contributed by atoms with Crippen LogP contribution in [0.5, 0.6) is 0 Å². The largest absolute Gasteiger partial charge is 0.176 e. The van der Waals surface area contributed by atoms with E-state index < -0.39 is 0 Å². The van der Waals surface area contributed by atoms with Crippen molar-refractivity contribution in [2.75, 3.05) is 0 Å². The minimum absolute atomic E-state index is 0.703. The Labute approximate surface area is 102 Å². The lowest BCUT2D eigenvalue weighted by Crippen LogP contribution is -2.22. The monoisotopic (exact) mass is 228 g/mol. The predicted octanol–water partition coefficient (Wildman–Crippen LogP) is 5.08. The van der Waals surface area contributed by atoms with E-state index in [1.54, 1.807) is 0 Å². The molecule has 1 heteroatoms. The van der Waals surface area contributed by atoms with Gasteiger partial charge in [-0.3, -0.25) is 0 Å². The van der Waals surface area contributed by atoms with Crippen LogP contribution in [0.4, 0.5) is 0 Å². The summed E-state index contributed by atoms with van der Waals surface area (Å²) in [5.41, 5.74) is 0. The third-order valence-electron chi connectivity index (χ3n) is 4.00. The molecule has 0 nitrogen and oxygen atoms in total. The zero-order valence-electron chi connectivity index (χ0n) is 10.5. The summed E-state index contributed by atoms with van der Waals surface area (Å²) in [5.74, 6) is 2.05. The zero-order valence-corrected chi connectivity index (χ0v) is 11.4. The highest BCUT2D eigenvalue weighted by Crippen LogP contribution is 2.36. The second-order valence-electron chi connectivity index (χ2n) is 5.26. The maximum Gasteiger partial charge on any atom is 0.00170 e. The third-order valence-corrected chi connectivity index (χ3v) is 4.51. The van der Waals surface area contributed by atoms with Crippen LogP contribution in [0.15, 0.2) is 0 Å². The molecule has 15 heavy (non-hydrogen) atoms. The molecule has 0 aromatic rings. The van der Waals surface area contributed by atoms with Gasteiger partial charge in [0.1, 0.15) is 0 Å². The van der Waals surface area contributed by atoms with Crippen LogP contribution in [0, 0.1) is 11.8 Å². The Morgan fingerprint density at radius 1 is 1.00 bits per heavy atom. The van der Waals surface area contributed by atoms with E-state index in [9.17, 15) is 0 Å². The van der Waals surface area contributed by atoms with Gasteiger partial charge in [0.25, 0.3) is 0 Å². The number of rotatable bonds is 6. The van der Waals surface area contributed by atoms with Crippen LogP contribution in [0.3, 0.4) is 0 Å². The summed E-state index contributed by atoms with van der Waals surface area (Å²) in [7, 11) is 0. The summed E-state index contributed by atoms with van der Waals surface area (Å²) in [4.78, 5) is 0. The van der Waals surface area contributed by atoms with E-state index in [1.807, 2.05) is 0 Å². The number of thiol groups is 1. The Kier molecular flexibility index (Phi) is 6.79. The Hall–Kier alpha value is 0.350. The molecule has 0 radical (unpaired) electrons. The molecular weight excluding hydrogens is 200 g/mol. The molecule has 0 heterocycles. The molecule has 0 bridgehead atoms. The lowest BCUT2D eigenvalue weighted by atomic mass is 9.76. The molecule has 1 fully saturated rings. The van der Waals surface area contributed by atoms with Crippen molar-refractivity contribution in [1.82, 2.24) is 0 Å². The average Bonchev–Trinajstić information content (AvgIpc) is 2.25. The van der Waals surface area contributed by atoms with Gasteiger partial charge in [0.15, 0.2) is 0 Å². The van der Waals surface area contributed by atoms with Gasteiger partial charge in [0.05, 0.1) is 0 Å². The van der Waals surface area contributed by atoms with Crippen molar-refractivity contribution >= 4 is 12.6 Å². The van der Waals surface area contributed by atoms with Gasteiger partial charge in [-0.25, -0.2) is 0 Å². The summed E-state index contributed by atoms with van der Waals surface area (Å²) < 4.78 is 0. The molecule has 0 aliphatic heterocycles. The summed E-state index contributed by atoms with van der Waals surface area (Å²) in [6, 6.07) is 0. The Morgan fingerprint density at radius 2 is 1.67 bits per heavy atom. The first kappa shape index (κ1) is 13.4. The number of unbranched alkanes of at least 4 members (excludes halogenated alkanes) is 1. The molecule has 0 aromatic heterocycles. The topological polar surface area (TPSA) is 0 Å². The fraction of sp³-hybridized carbons (Fsp3) is 1.00. The van der Waals surface area contributed by atoms with Gasteiger partial charge < -0.3 is 0 Å². The van der Waals surface area contributed by atoms with Crippen LogP contribution < -0.4 is 0 Å². The van der Waals surface area contributed by atoms with E-state index >= 15 is 0 Å². The van der Waals surface area contributed by atoms with E-state index in [4.69, 9.17) is 0 Å². The first-order valence-corrected chi connectivity index (χ1v) is 7.47. The first-order valence-electron chi connectivity index (χ1n) is 6.96. The van der Waals surface area contributed by atoms with Crippen LogP contribution in [0.25, 0.3) is 0 Å². The molecule has 1 unspecified atom stereocenters. The zero-order chi connectivity index (χ0) is 11.1. The van der Waals surface area contributed by atoms with E-state index in [0.29, 0.717) is 5.25 Å². The normalized spacial score (nSPS) is 29.0. The lowest BCUT2D eigenvalue weighted by Gasteiger charge is -2.32. The fourth-order valence-corrected chi connectivity index (χ4v) is 3.32. The molecule has 1 saturated carbocycles. The summed E-state index contributed by atoms with van der Waals surface area (Å²) in [5, 5.41) is 0.703. The van der Waals surface area contributed by atoms with E-state index in [2.05, 4.69) is 26.5 Å². The quantitative estimate of drug-likeness (QED) is 0.602. The highest BCUT2D eigenvalue weighted by molar-refractivity contribution is 7.80. The van der Waals surface area contributed by atoms with Gasteiger partial charge in [-0.1, -0.05) is 46.0 Å². The van der Waals surface area contributed by atoms with Crippen molar-refractivity contribution in [3.8, 4) is 0 Å². The number of hydrogen-bond donors (Lipinski definition) is 1. The van der Waals surface area contributed by atoms with Crippen molar-refractivity contribution in [2.45, 2.75) is 76.9 Å². The molecule has 1 atom stereocenters. The summed E-state index contributed by atoms with van der Waals surface area (Å²) in [6.07, 6.45) is 12.7. The van der Waals surface area contributed by atoms with Crippen molar-refractivity contribution < 1.29 is 0 Å². The van der Waals surface area contributed by atoms with Crippen molar-refractivity contribution in [1.29, 1.82) is 0 Å². The van der Waals surface area contributed by atoms with Crippen LogP contribution >= 0.6 is 12.6 Å². The maximum absolute atomic E-state index is 4.59. The molecular formula is C14H28S. The highest BCUT2D eigenvalue weighted by atomic mass is 32.1. The van der Waals surface area contributed by atoms with Crippen molar-refractivity contribution in [3.05, 3.63) is 0 Å². The third kappa shape index (κ3) is 4.80. The standard InChI is InChI=1S/C14H28S/c1-3-5-7-12(6-4-2)13-8-10-14(15)11-9-13/h12-15H,3-11H2,1-2H3. The Balaban J connectivity index is 2.33. The van der Waals surface area contributed by atoms with Crippen LogP contribution in [0.1, 0.15) is 71.6 Å². The molecule has 0 saturated heterocycles. The van der Waals surface area contributed by atoms with Gasteiger partial charge >= 0.3 is 0 Å². The minimum atomic E-state index is 0.703. The van der Waals surface area contributed by atoms with Gasteiger partial charge in [-0.15, -0.1) is 0 Å². The summed E-state index contributed by atoms with van der Waals surface area (Å²) in [6.45, 7) is 4.65. The van der Waals surface area contributed by atoms with Gasteiger partial charge in [0, 0.05) is 5.25 Å². The molecule has 1 rings (SSSR count). The molecule has 1 aliphatic carbocycles. The summed E-state index contributed by atoms with van der Waals surface area (Å²) >= 11 is 4.59. The molecule has 1 aliphatic rings. The first-order chi connectivity index (χ1) is 7.27. The fourth-order valence-electron chi connectivity index (χ4n) is 3.03. The highest BCUT2D eigenvalue weighted by Gasteiger charge is 2.25. The van der Waals surface area contributed by atoms with Gasteiger partial charge in [-0.05, 0) is 37.5 Å². The molecule has 90 valence electrons. The SMILES string of the molecule is CCCCC(CCC)C1CCC(S)CC1. The maximum atomic E-state index is 4.59. The molecule has 0 N–H and O–H groups in total. The lowest BCUT2D eigenvalue weighted by molar-refractivity contribution is 0.222. The molecule has 0 aromatic carbocycles. The second-order valence-corrected chi connectivity index (χ2v) is 5.99. The Bertz CT molecular complexity index is 147. The number of hydrogen-bond acceptors (Lipinski definition) is 1. The molecule has 0 amide bonds. The van der Waals surface area contributed by atoms with E-state index in [1.165, 1.54) is 57.8 Å². The van der Waals surface area contributed by atoms with Crippen LogP contribution in [-0.2, 0) is 0 Å². The van der Waals surface area contributed by atoms with Gasteiger partial charge in [-0.2, -0.15) is 12.6 Å². The average molecular weight is 228 g/mol. The van der Waals surface area contributed by atoms with Gasteiger partial charge in [0.2, 0.25) is 0 Å². The Morgan fingerprint density at radius 3 is 2.20 bits per heavy atom. The van der Waals surface area contributed by atoms with E-state index in [0.717, 1.165) is 11.8 Å². The second kappa shape index (κ2) is 7.60. The molecule has 0 spiro atoms. The van der Waals surface area contributed by atoms with Crippen LogP contribution in [0.2, 0.25) is 0 Å². The van der Waals surface area contributed by atoms with Crippen LogP contribution in [-0.4, -0.2) is 5.25 Å².